The highest BCUT2D eigenvalue weighted by Gasteiger charge is 2.18. The van der Waals surface area contributed by atoms with Gasteiger partial charge >= 0.3 is 0 Å². The van der Waals surface area contributed by atoms with Gasteiger partial charge in [0.1, 0.15) is 0 Å². The summed E-state index contributed by atoms with van der Waals surface area (Å²) in [6, 6.07) is 16.2. The maximum atomic E-state index is 12.1. The molecule has 0 bridgehead atoms. The average molecular weight is 382 g/mol. The molecule has 0 heterocycles. The number of carbonyl (C=O) groups is 2. The third-order valence-corrected chi connectivity index (χ3v) is 4.84. The van der Waals surface area contributed by atoms with E-state index in [0.717, 1.165) is 18.5 Å². The molecule has 27 heavy (non-hydrogen) atoms. The van der Waals surface area contributed by atoms with Crippen LogP contribution in [-0.2, 0) is 4.79 Å². The van der Waals surface area contributed by atoms with Crippen molar-refractivity contribution in [1.82, 2.24) is 5.32 Å². The Morgan fingerprint density at radius 3 is 2.11 bits per heavy atom. The maximum Gasteiger partial charge on any atom is 0.255 e. The van der Waals surface area contributed by atoms with Crippen molar-refractivity contribution < 1.29 is 9.59 Å². The van der Waals surface area contributed by atoms with Crippen molar-refractivity contribution in [2.24, 2.45) is 5.92 Å². The van der Waals surface area contributed by atoms with E-state index in [-0.39, 0.29) is 11.8 Å². The van der Waals surface area contributed by atoms with Gasteiger partial charge in [-0.15, -0.1) is 0 Å². The van der Waals surface area contributed by atoms with Crippen LogP contribution in [0, 0.1) is 5.92 Å². The minimum Gasteiger partial charge on any atom is -0.332 e. The molecule has 0 unspecified atom stereocenters. The minimum absolute atomic E-state index is 0.0360. The molecule has 1 fully saturated rings. The van der Waals surface area contributed by atoms with Crippen molar-refractivity contribution in [2.45, 2.75) is 32.1 Å². The van der Waals surface area contributed by atoms with E-state index in [1.165, 1.54) is 12.8 Å². The quantitative estimate of drug-likeness (QED) is 0.674. The summed E-state index contributed by atoms with van der Waals surface area (Å²) in [5.74, 6) is 0.289. The lowest BCUT2D eigenvalue weighted by atomic mass is 10.0. The summed E-state index contributed by atoms with van der Waals surface area (Å²) in [7, 11) is 0. The van der Waals surface area contributed by atoms with Crippen LogP contribution in [0.15, 0.2) is 54.6 Å². The van der Waals surface area contributed by atoms with Crippen molar-refractivity contribution in [3.05, 3.63) is 60.2 Å². The summed E-state index contributed by atoms with van der Waals surface area (Å²) in [4.78, 5) is 24.2. The number of hydrogen-bond donors (Lipinski definition) is 3. The molecule has 0 radical (unpaired) electrons. The number of rotatable bonds is 5. The summed E-state index contributed by atoms with van der Waals surface area (Å²) in [5.41, 5.74) is 2.04. The van der Waals surface area contributed by atoms with E-state index in [4.69, 9.17) is 12.2 Å². The number of nitrogens with one attached hydrogen (secondary N) is 3. The van der Waals surface area contributed by atoms with Crippen LogP contribution in [0.3, 0.4) is 0 Å². The van der Waals surface area contributed by atoms with Gasteiger partial charge in [0.15, 0.2) is 5.11 Å². The van der Waals surface area contributed by atoms with Gasteiger partial charge in [-0.3, -0.25) is 9.59 Å². The second kappa shape index (κ2) is 9.28. The average Bonchev–Trinajstić information content (AvgIpc) is 3.16. The van der Waals surface area contributed by atoms with Crippen molar-refractivity contribution in [2.75, 3.05) is 10.6 Å². The zero-order valence-corrected chi connectivity index (χ0v) is 15.9. The number of hydrogen-bond acceptors (Lipinski definition) is 3. The topological polar surface area (TPSA) is 70.2 Å². The fraction of sp³-hybridized carbons (Fsp3) is 0.286. The summed E-state index contributed by atoms with van der Waals surface area (Å²) in [6.45, 7) is 0. The van der Waals surface area contributed by atoms with E-state index in [2.05, 4.69) is 16.0 Å². The lowest BCUT2D eigenvalue weighted by Gasteiger charge is -2.12. The first-order valence-electron chi connectivity index (χ1n) is 9.17. The van der Waals surface area contributed by atoms with E-state index >= 15 is 0 Å². The smallest absolute Gasteiger partial charge is 0.255 e. The molecular weight excluding hydrogens is 358 g/mol. The number of benzene rings is 2. The van der Waals surface area contributed by atoms with Crippen LogP contribution in [0.5, 0.6) is 0 Å². The van der Waals surface area contributed by atoms with Crippen molar-refractivity contribution >= 4 is 40.5 Å². The molecule has 1 saturated carbocycles. The molecule has 1 aliphatic carbocycles. The largest absolute Gasteiger partial charge is 0.332 e. The highest BCUT2D eigenvalue weighted by molar-refractivity contribution is 7.80. The Kier molecular flexibility index (Phi) is 6.54. The van der Waals surface area contributed by atoms with Gasteiger partial charge in [0.2, 0.25) is 5.91 Å². The molecule has 3 rings (SSSR count). The van der Waals surface area contributed by atoms with Gasteiger partial charge in [0.05, 0.1) is 0 Å². The number of amides is 2. The Morgan fingerprint density at radius 2 is 1.48 bits per heavy atom. The predicted molar refractivity (Wildman–Crippen MR) is 112 cm³/mol. The first-order chi connectivity index (χ1) is 13.1. The third-order valence-electron chi connectivity index (χ3n) is 4.64. The van der Waals surface area contributed by atoms with Crippen molar-refractivity contribution in [1.29, 1.82) is 0 Å². The maximum absolute atomic E-state index is 12.1. The molecule has 0 atom stereocenters. The van der Waals surface area contributed by atoms with E-state index in [0.29, 0.717) is 28.7 Å². The second-order valence-corrected chi connectivity index (χ2v) is 7.16. The van der Waals surface area contributed by atoms with Crippen LogP contribution < -0.4 is 16.0 Å². The van der Waals surface area contributed by atoms with Crippen molar-refractivity contribution in [3.8, 4) is 0 Å². The van der Waals surface area contributed by atoms with Crippen LogP contribution in [-0.4, -0.2) is 16.9 Å². The lowest BCUT2D eigenvalue weighted by Crippen LogP contribution is -2.34. The third kappa shape index (κ3) is 5.89. The highest BCUT2D eigenvalue weighted by atomic mass is 32.1. The Morgan fingerprint density at radius 1 is 0.889 bits per heavy atom. The molecule has 2 aromatic carbocycles. The normalized spacial score (nSPS) is 13.8. The van der Waals surface area contributed by atoms with Gasteiger partial charge in [-0.2, -0.15) is 0 Å². The first kappa shape index (κ1) is 19.0. The van der Waals surface area contributed by atoms with Gasteiger partial charge < -0.3 is 16.0 Å². The van der Waals surface area contributed by atoms with E-state index in [9.17, 15) is 9.59 Å². The number of thiocarbonyl (C=S) groups is 1. The SMILES string of the molecule is O=C(CC1CCCC1)NC(=S)Nc1ccc(NC(=O)c2ccccc2)cc1. The van der Waals surface area contributed by atoms with Crippen LogP contribution in [0.4, 0.5) is 11.4 Å². The minimum atomic E-state index is -0.161. The van der Waals surface area contributed by atoms with E-state index in [1.54, 1.807) is 36.4 Å². The van der Waals surface area contributed by atoms with Crippen LogP contribution in [0.1, 0.15) is 42.5 Å². The second-order valence-electron chi connectivity index (χ2n) is 6.75. The standard InChI is InChI=1S/C21H23N3O2S/c25-19(14-15-6-4-5-7-15)24-21(27)23-18-12-10-17(11-13-18)22-20(26)16-8-2-1-3-9-16/h1-3,8-13,15H,4-7,14H2,(H,22,26)(H2,23,24,25,27). The van der Waals surface area contributed by atoms with E-state index in [1.807, 2.05) is 18.2 Å². The van der Waals surface area contributed by atoms with Gasteiger partial charge in [-0.1, -0.05) is 31.0 Å². The molecule has 3 N–H and O–H groups in total. The fourth-order valence-corrected chi connectivity index (χ4v) is 3.48. The molecule has 1 aliphatic rings. The molecule has 0 spiro atoms. The summed E-state index contributed by atoms with van der Waals surface area (Å²) in [6.07, 6.45) is 5.22. The van der Waals surface area contributed by atoms with Gasteiger partial charge in [0.25, 0.3) is 5.91 Å². The number of anilines is 2. The zero-order valence-electron chi connectivity index (χ0n) is 15.0. The fourth-order valence-electron chi connectivity index (χ4n) is 3.25. The Bertz CT molecular complexity index is 800. The van der Waals surface area contributed by atoms with Crippen LogP contribution in [0.2, 0.25) is 0 Å². The molecule has 0 aromatic heterocycles. The summed E-state index contributed by atoms with van der Waals surface area (Å²) in [5, 5.41) is 8.86. The molecule has 5 nitrogen and oxygen atoms in total. The molecule has 140 valence electrons. The summed E-state index contributed by atoms with van der Waals surface area (Å²) >= 11 is 5.21. The predicted octanol–water partition coefficient (Wildman–Crippen LogP) is 4.33. The molecule has 6 heteroatoms. The Labute approximate surface area is 164 Å². The van der Waals surface area contributed by atoms with Crippen molar-refractivity contribution in [3.63, 3.8) is 0 Å². The monoisotopic (exact) mass is 381 g/mol. The number of carbonyl (C=O) groups excluding carboxylic acids is 2. The lowest BCUT2D eigenvalue weighted by molar-refractivity contribution is -0.120. The zero-order chi connectivity index (χ0) is 19.1. The van der Waals surface area contributed by atoms with Crippen LogP contribution in [0.25, 0.3) is 0 Å². The molecule has 0 aliphatic heterocycles. The van der Waals surface area contributed by atoms with Crippen LogP contribution >= 0.6 is 12.2 Å². The van der Waals surface area contributed by atoms with E-state index < -0.39 is 0 Å². The van der Waals surface area contributed by atoms with Gasteiger partial charge in [-0.05, 0) is 67.4 Å². The molecule has 0 saturated heterocycles. The first-order valence-corrected chi connectivity index (χ1v) is 9.58. The Balaban J connectivity index is 1.47. The summed E-state index contributed by atoms with van der Waals surface area (Å²) < 4.78 is 0. The Hall–Kier alpha value is -2.73. The van der Waals surface area contributed by atoms with Gasteiger partial charge in [-0.25, -0.2) is 0 Å². The molecular formula is C21H23N3O2S. The molecule has 2 aromatic rings. The van der Waals surface area contributed by atoms with Gasteiger partial charge in [0, 0.05) is 23.4 Å². The highest BCUT2D eigenvalue weighted by Crippen LogP contribution is 2.27. The molecule has 2 amide bonds.